The Labute approximate surface area is 154 Å². The first-order valence-electron chi connectivity index (χ1n) is 7.23. The van der Waals surface area contributed by atoms with Crippen molar-refractivity contribution in [3.8, 4) is 5.75 Å². The van der Waals surface area contributed by atoms with E-state index in [2.05, 4.69) is 26.1 Å². The summed E-state index contributed by atoms with van der Waals surface area (Å²) in [5.74, 6) is -0.0606. The number of halogens is 2. The summed E-state index contributed by atoms with van der Waals surface area (Å²) < 4.78 is 0.683. The number of hydrogen-bond donors (Lipinski definition) is 2. The molecule has 0 radical (unpaired) electrons. The van der Waals surface area contributed by atoms with Gasteiger partial charge in [0.25, 0.3) is 0 Å². The van der Waals surface area contributed by atoms with Crippen LogP contribution in [0, 0.1) is 0 Å². The molecule has 0 amide bonds. The number of aliphatic hydroxyl groups is 1. The number of hydrogen-bond acceptors (Lipinski definition) is 5. The average molecular weight is 414 g/mol. The molecule has 0 aliphatic rings. The van der Waals surface area contributed by atoms with Crippen LogP contribution >= 0.6 is 27.5 Å². The fourth-order valence-electron chi connectivity index (χ4n) is 1.81. The third kappa shape index (κ3) is 4.69. The highest BCUT2D eigenvalue weighted by molar-refractivity contribution is 9.10. The molecule has 0 unspecified atom stereocenters. The van der Waals surface area contributed by atoms with Gasteiger partial charge < -0.3 is 15.1 Å². The lowest BCUT2D eigenvalue weighted by Crippen LogP contribution is -2.18. The van der Waals surface area contributed by atoms with Crippen LogP contribution in [0.15, 0.2) is 40.0 Å². The molecule has 0 aliphatic heterocycles. The van der Waals surface area contributed by atoms with Crippen molar-refractivity contribution < 1.29 is 15.1 Å². The van der Waals surface area contributed by atoms with Crippen molar-refractivity contribution in [1.29, 1.82) is 0 Å². The van der Waals surface area contributed by atoms with Gasteiger partial charge in [-0.3, -0.25) is 0 Å². The molecule has 1 aromatic heterocycles. The maximum atomic E-state index is 10.2. The molecular formula is C17H18BrClN2O3. The lowest BCUT2D eigenvalue weighted by atomic mass is 10.1. The molecule has 0 atom stereocenters. The van der Waals surface area contributed by atoms with E-state index >= 15 is 0 Å². The zero-order chi connectivity index (χ0) is 17.9. The van der Waals surface area contributed by atoms with Gasteiger partial charge in [-0.1, -0.05) is 22.8 Å². The van der Waals surface area contributed by atoms with E-state index in [9.17, 15) is 10.2 Å². The minimum atomic E-state index is -0.515. The maximum Gasteiger partial charge on any atom is 0.143 e. The zero-order valence-corrected chi connectivity index (χ0v) is 15.9. The normalized spacial score (nSPS) is 12.3. The van der Waals surface area contributed by atoms with Gasteiger partial charge in [-0.25, -0.2) is 4.98 Å². The Bertz CT molecular complexity index is 773. The number of aromatic nitrogens is 1. The number of pyridine rings is 1. The van der Waals surface area contributed by atoms with E-state index in [1.54, 1.807) is 24.3 Å². The van der Waals surface area contributed by atoms with E-state index in [1.165, 1.54) is 6.07 Å². The number of rotatable bonds is 4. The molecule has 0 bridgehead atoms. The first kappa shape index (κ1) is 18.7. The second-order valence-corrected chi connectivity index (χ2v) is 7.36. The molecule has 0 saturated heterocycles. The minimum absolute atomic E-state index is 0.0606. The summed E-state index contributed by atoms with van der Waals surface area (Å²) in [4.78, 5) is 9.79. The molecule has 7 heteroatoms. The van der Waals surface area contributed by atoms with Crippen LogP contribution in [0.3, 0.4) is 0 Å². The molecule has 128 valence electrons. The van der Waals surface area contributed by atoms with Gasteiger partial charge in [-0.2, -0.15) is 0 Å². The summed E-state index contributed by atoms with van der Waals surface area (Å²) in [5.41, 5.74) is 1.13. The van der Waals surface area contributed by atoms with E-state index < -0.39 is 5.60 Å². The summed E-state index contributed by atoms with van der Waals surface area (Å²) in [6.45, 7) is 5.35. The van der Waals surface area contributed by atoms with E-state index in [-0.39, 0.29) is 18.1 Å². The van der Waals surface area contributed by atoms with E-state index in [0.717, 1.165) is 0 Å². The Morgan fingerprint density at radius 2 is 2.00 bits per heavy atom. The monoisotopic (exact) mass is 412 g/mol. The highest BCUT2D eigenvalue weighted by Gasteiger charge is 2.19. The van der Waals surface area contributed by atoms with Crippen LogP contribution in [0.1, 0.15) is 37.7 Å². The van der Waals surface area contributed by atoms with Crippen LogP contribution in [0.2, 0.25) is 5.02 Å². The quantitative estimate of drug-likeness (QED) is 0.580. The standard InChI is InChI=1S/C17H18BrClN2O3/c1-17(2,3)24-21-15(10-4-6-13(19)12(18)8-10)16-14(23)7-5-11(9-22)20-16/h4-8,22-23H,9H2,1-3H3/b21-15-. The second kappa shape index (κ2) is 7.51. The fraction of sp³-hybridized carbons (Fsp3) is 0.294. The predicted molar refractivity (Wildman–Crippen MR) is 97.5 cm³/mol. The molecule has 0 fully saturated rings. The van der Waals surface area contributed by atoms with Gasteiger partial charge in [-0.05, 0) is 61.0 Å². The maximum absolute atomic E-state index is 10.2. The minimum Gasteiger partial charge on any atom is -0.506 e. The van der Waals surface area contributed by atoms with Gasteiger partial charge in [-0.15, -0.1) is 0 Å². The zero-order valence-electron chi connectivity index (χ0n) is 13.5. The van der Waals surface area contributed by atoms with Crippen molar-refractivity contribution >= 4 is 33.2 Å². The van der Waals surface area contributed by atoms with Gasteiger partial charge in [0.1, 0.15) is 22.8 Å². The fourth-order valence-corrected chi connectivity index (χ4v) is 2.31. The third-order valence-electron chi connectivity index (χ3n) is 2.92. The van der Waals surface area contributed by atoms with Crippen molar-refractivity contribution in [2.24, 2.45) is 5.16 Å². The molecule has 5 nitrogen and oxygen atoms in total. The van der Waals surface area contributed by atoms with E-state index in [1.807, 2.05) is 20.8 Å². The lowest BCUT2D eigenvalue weighted by molar-refractivity contribution is 0.00111. The molecule has 0 saturated carbocycles. The Morgan fingerprint density at radius 3 is 2.58 bits per heavy atom. The molecule has 1 aromatic carbocycles. The van der Waals surface area contributed by atoms with Crippen LogP contribution in [0.4, 0.5) is 0 Å². The van der Waals surface area contributed by atoms with Gasteiger partial charge in [0.05, 0.1) is 17.3 Å². The van der Waals surface area contributed by atoms with Crippen LogP contribution in [-0.4, -0.2) is 26.5 Å². The highest BCUT2D eigenvalue weighted by Crippen LogP contribution is 2.27. The second-order valence-electron chi connectivity index (χ2n) is 6.10. The number of benzene rings is 1. The topological polar surface area (TPSA) is 74.9 Å². The summed E-state index contributed by atoms with van der Waals surface area (Å²) in [7, 11) is 0. The van der Waals surface area contributed by atoms with Gasteiger partial charge in [0, 0.05) is 10.0 Å². The Balaban J connectivity index is 2.61. The first-order valence-corrected chi connectivity index (χ1v) is 8.40. The molecule has 0 aliphatic carbocycles. The molecular weight excluding hydrogens is 396 g/mol. The van der Waals surface area contributed by atoms with E-state index in [4.69, 9.17) is 16.4 Å². The smallest absolute Gasteiger partial charge is 0.143 e. The van der Waals surface area contributed by atoms with Crippen molar-refractivity contribution in [3.05, 3.63) is 56.8 Å². The number of nitrogens with zero attached hydrogens (tertiary/aromatic N) is 2. The summed E-state index contributed by atoms with van der Waals surface area (Å²) in [6.07, 6.45) is 0. The van der Waals surface area contributed by atoms with Crippen LogP contribution in [0.5, 0.6) is 5.75 Å². The third-order valence-corrected chi connectivity index (χ3v) is 4.14. The molecule has 2 aromatic rings. The largest absolute Gasteiger partial charge is 0.506 e. The number of aromatic hydroxyl groups is 1. The lowest BCUT2D eigenvalue weighted by Gasteiger charge is -2.17. The number of aliphatic hydroxyl groups excluding tert-OH is 1. The number of oxime groups is 1. The predicted octanol–water partition coefficient (Wildman–Crippen LogP) is 4.26. The Morgan fingerprint density at radius 1 is 1.29 bits per heavy atom. The van der Waals surface area contributed by atoms with E-state index in [0.29, 0.717) is 26.5 Å². The molecule has 24 heavy (non-hydrogen) atoms. The summed E-state index contributed by atoms with van der Waals surface area (Å²) >= 11 is 9.42. The Hall–Kier alpha value is -1.63. The van der Waals surface area contributed by atoms with Crippen molar-refractivity contribution in [2.45, 2.75) is 33.0 Å². The molecule has 2 rings (SSSR count). The molecule has 0 spiro atoms. The van der Waals surface area contributed by atoms with Crippen molar-refractivity contribution in [2.75, 3.05) is 0 Å². The van der Waals surface area contributed by atoms with Gasteiger partial charge in [0.15, 0.2) is 0 Å². The highest BCUT2D eigenvalue weighted by atomic mass is 79.9. The van der Waals surface area contributed by atoms with Crippen molar-refractivity contribution in [3.63, 3.8) is 0 Å². The van der Waals surface area contributed by atoms with Crippen LogP contribution < -0.4 is 0 Å². The Kier molecular flexibility index (Phi) is 5.85. The van der Waals surface area contributed by atoms with Crippen molar-refractivity contribution in [1.82, 2.24) is 4.98 Å². The SMILES string of the molecule is CC(C)(C)O/N=C(/c1ccc(Cl)c(Br)c1)c1nc(CO)ccc1O. The summed E-state index contributed by atoms with van der Waals surface area (Å²) in [5, 5.41) is 24.2. The first-order chi connectivity index (χ1) is 11.2. The molecule has 1 heterocycles. The molecule has 2 N–H and O–H groups in total. The van der Waals surface area contributed by atoms with Crippen LogP contribution in [-0.2, 0) is 11.4 Å². The van der Waals surface area contributed by atoms with Gasteiger partial charge in [0.2, 0.25) is 0 Å². The van der Waals surface area contributed by atoms with Gasteiger partial charge >= 0.3 is 0 Å². The average Bonchev–Trinajstić information content (AvgIpc) is 2.51. The summed E-state index contributed by atoms with van der Waals surface area (Å²) in [6, 6.07) is 8.23. The van der Waals surface area contributed by atoms with Crippen LogP contribution in [0.25, 0.3) is 0 Å².